The fraction of sp³-hybridized carbons (Fsp3) is 0.250. The lowest BCUT2D eigenvalue weighted by Crippen LogP contribution is -2.11. The number of anilines is 1. The maximum absolute atomic E-state index is 12.3. The molecule has 22 heavy (non-hydrogen) atoms. The van der Waals surface area contributed by atoms with E-state index < -0.39 is 12.6 Å². The van der Waals surface area contributed by atoms with Gasteiger partial charge in [-0.2, -0.15) is 0 Å². The number of carboxylic acid groups (broad SMARTS) is 1. The Morgan fingerprint density at radius 2 is 2.14 bits per heavy atom. The molecule has 1 aliphatic carbocycles. The third kappa shape index (κ3) is 3.28. The number of benzene rings is 1. The van der Waals surface area contributed by atoms with Crippen molar-refractivity contribution in [2.24, 2.45) is 0 Å². The molecule has 2 aromatic rings. The molecule has 3 rings (SSSR count). The van der Waals surface area contributed by atoms with Crippen molar-refractivity contribution in [3.05, 3.63) is 45.6 Å². The highest BCUT2D eigenvalue weighted by atomic mass is 32.1. The highest BCUT2D eigenvalue weighted by Crippen LogP contribution is 2.31. The summed E-state index contributed by atoms with van der Waals surface area (Å²) in [7, 11) is 0. The van der Waals surface area contributed by atoms with Crippen molar-refractivity contribution < 1.29 is 19.4 Å². The molecule has 1 aromatic carbocycles. The zero-order chi connectivity index (χ0) is 15.5. The second kappa shape index (κ2) is 6.19. The first-order chi connectivity index (χ1) is 10.6. The van der Waals surface area contributed by atoms with Gasteiger partial charge < -0.3 is 15.2 Å². The molecule has 0 spiro atoms. The summed E-state index contributed by atoms with van der Waals surface area (Å²) < 4.78 is 5.10. The smallest absolute Gasteiger partial charge is 0.341 e. The standard InChI is InChI=1S/C16H15NO4S/c18-15(19)9-21-12-5-2-4-11(8-12)17-16(20)14-7-10-3-1-6-13(10)22-14/h2,4-5,7-8H,1,3,6,9H2,(H,17,20)(H,18,19). The van der Waals surface area contributed by atoms with Gasteiger partial charge in [0.15, 0.2) is 6.61 Å². The van der Waals surface area contributed by atoms with E-state index in [2.05, 4.69) is 5.32 Å². The van der Waals surface area contributed by atoms with E-state index in [1.165, 1.54) is 16.9 Å². The second-order valence-electron chi connectivity index (χ2n) is 5.08. The lowest BCUT2D eigenvalue weighted by molar-refractivity contribution is -0.139. The molecule has 0 saturated heterocycles. The first kappa shape index (κ1) is 14.6. The Hall–Kier alpha value is -2.34. The van der Waals surface area contributed by atoms with Gasteiger partial charge in [-0.3, -0.25) is 4.79 Å². The van der Waals surface area contributed by atoms with Crippen molar-refractivity contribution in [2.75, 3.05) is 11.9 Å². The molecule has 0 radical (unpaired) electrons. The van der Waals surface area contributed by atoms with Crippen molar-refractivity contribution in [3.8, 4) is 5.75 Å². The van der Waals surface area contributed by atoms with Gasteiger partial charge in [0.05, 0.1) is 4.88 Å². The second-order valence-corrected chi connectivity index (χ2v) is 6.21. The van der Waals surface area contributed by atoms with Gasteiger partial charge in [0.2, 0.25) is 0 Å². The Balaban J connectivity index is 1.68. The minimum atomic E-state index is -1.04. The molecule has 6 heteroatoms. The highest BCUT2D eigenvalue weighted by molar-refractivity contribution is 7.14. The number of carboxylic acids is 1. The molecular formula is C16H15NO4S. The van der Waals surface area contributed by atoms with Crippen LogP contribution in [-0.4, -0.2) is 23.6 Å². The summed E-state index contributed by atoms with van der Waals surface area (Å²) in [5.41, 5.74) is 1.87. The van der Waals surface area contributed by atoms with Crippen LogP contribution in [0.3, 0.4) is 0 Å². The number of hydrogen-bond acceptors (Lipinski definition) is 4. The molecule has 0 bridgehead atoms. The SMILES string of the molecule is O=C(O)COc1cccc(NC(=O)c2cc3c(s2)CCC3)c1. The summed E-state index contributed by atoms with van der Waals surface area (Å²) in [5.74, 6) is -0.772. The van der Waals surface area contributed by atoms with Gasteiger partial charge in [-0.05, 0) is 43.0 Å². The molecule has 2 N–H and O–H groups in total. The van der Waals surface area contributed by atoms with Crippen molar-refractivity contribution in [2.45, 2.75) is 19.3 Å². The number of rotatable bonds is 5. The average molecular weight is 317 g/mol. The Bertz CT molecular complexity index is 701. The van der Waals surface area contributed by atoms with Crippen LogP contribution >= 0.6 is 11.3 Å². The maximum atomic E-state index is 12.3. The molecule has 0 saturated carbocycles. The summed E-state index contributed by atoms with van der Waals surface area (Å²) in [6, 6.07) is 8.68. The number of aliphatic carboxylic acids is 1. The lowest BCUT2D eigenvalue weighted by atomic mass is 10.2. The number of nitrogens with one attached hydrogen (secondary N) is 1. The van der Waals surface area contributed by atoms with E-state index in [-0.39, 0.29) is 5.91 Å². The Kier molecular flexibility index (Phi) is 4.11. The van der Waals surface area contributed by atoms with Crippen molar-refractivity contribution in [1.29, 1.82) is 0 Å². The molecule has 0 fully saturated rings. The number of amides is 1. The van der Waals surface area contributed by atoms with Crippen LogP contribution in [0.5, 0.6) is 5.75 Å². The van der Waals surface area contributed by atoms with E-state index in [4.69, 9.17) is 9.84 Å². The number of carbonyl (C=O) groups excluding carboxylic acids is 1. The number of thiophene rings is 1. The van der Waals surface area contributed by atoms with Crippen LogP contribution in [0.2, 0.25) is 0 Å². The molecule has 1 aliphatic rings. The van der Waals surface area contributed by atoms with E-state index >= 15 is 0 Å². The van der Waals surface area contributed by atoms with Crippen LogP contribution in [0.4, 0.5) is 5.69 Å². The predicted octanol–water partition coefficient (Wildman–Crippen LogP) is 2.95. The van der Waals surface area contributed by atoms with E-state index in [1.54, 1.807) is 35.6 Å². The Morgan fingerprint density at radius 3 is 2.91 bits per heavy atom. The fourth-order valence-corrected chi connectivity index (χ4v) is 3.59. The van der Waals surface area contributed by atoms with Gasteiger partial charge in [-0.15, -0.1) is 11.3 Å². The number of ether oxygens (including phenoxy) is 1. The fourth-order valence-electron chi connectivity index (χ4n) is 2.44. The zero-order valence-electron chi connectivity index (χ0n) is 11.8. The molecule has 1 amide bonds. The van der Waals surface area contributed by atoms with Crippen molar-refractivity contribution in [3.63, 3.8) is 0 Å². The van der Waals surface area contributed by atoms with Crippen LogP contribution in [0.15, 0.2) is 30.3 Å². The number of fused-ring (bicyclic) bond motifs is 1. The molecule has 1 heterocycles. The number of hydrogen-bond donors (Lipinski definition) is 2. The summed E-state index contributed by atoms with van der Waals surface area (Å²) in [5, 5.41) is 11.4. The Morgan fingerprint density at radius 1 is 1.27 bits per heavy atom. The Labute approximate surface area is 131 Å². The summed E-state index contributed by atoms with van der Waals surface area (Å²) in [4.78, 5) is 24.8. The first-order valence-electron chi connectivity index (χ1n) is 6.99. The van der Waals surface area contributed by atoms with E-state index in [0.717, 1.165) is 12.8 Å². The minimum Gasteiger partial charge on any atom is -0.482 e. The molecule has 1 aromatic heterocycles. The number of aryl methyl sites for hydroxylation is 2. The van der Waals surface area contributed by atoms with Crippen LogP contribution in [0.25, 0.3) is 0 Å². The van der Waals surface area contributed by atoms with Crippen LogP contribution in [0.1, 0.15) is 26.5 Å². The molecule has 5 nitrogen and oxygen atoms in total. The molecule has 0 aliphatic heterocycles. The highest BCUT2D eigenvalue weighted by Gasteiger charge is 2.18. The van der Waals surface area contributed by atoms with Crippen LogP contribution in [0, 0.1) is 0 Å². The topological polar surface area (TPSA) is 75.6 Å². The predicted molar refractivity (Wildman–Crippen MR) is 83.9 cm³/mol. The van der Waals surface area contributed by atoms with Gasteiger partial charge in [0.1, 0.15) is 5.75 Å². The van der Waals surface area contributed by atoms with Gasteiger partial charge in [-0.25, -0.2) is 4.79 Å². The number of carbonyl (C=O) groups is 2. The first-order valence-corrected chi connectivity index (χ1v) is 7.81. The average Bonchev–Trinajstić information content (AvgIpc) is 3.06. The maximum Gasteiger partial charge on any atom is 0.341 e. The summed E-state index contributed by atoms with van der Waals surface area (Å²) >= 11 is 1.55. The lowest BCUT2D eigenvalue weighted by Gasteiger charge is -2.07. The van der Waals surface area contributed by atoms with E-state index in [0.29, 0.717) is 16.3 Å². The van der Waals surface area contributed by atoms with Gasteiger partial charge in [0.25, 0.3) is 5.91 Å². The molecule has 0 atom stereocenters. The quantitative estimate of drug-likeness (QED) is 0.889. The van der Waals surface area contributed by atoms with E-state index in [1.807, 2.05) is 6.07 Å². The third-order valence-corrected chi connectivity index (χ3v) is 4.66. The monoisotopic (exact) mass is 317 g/mol. The van der Waals surface area contributed by atoms with Gasteiger partial charge in [0, 0.05) is 16.6 Å². The molecule has 114 valence electrons. The van der Waals surface area contributed by atoms with Gasteiger partial charge in [-0.1, -0.05) is 6.07 Å². The minimum absolute atomic E-state index is 0.144. The summed E-state index contributed by atoms with van der Waals surface area (Å²) in [6.07, 6.45) is 3.29. The normalized spacial score (nSPS) is 12.7. The van der Waals surface area contributed by atoms with Crippen molar-refractivity contribution in [1.82, 2.24) is 0 Å². The molecular weight excluding hydrogens is 302 g/mol. The van der Waals surface area contributed by atoms with Crippen LogP contribution < -0.4 is 10.1 Å². The molecule has 0 unspecified atom stereocenters. The van der Waals surface area contributed by atoms with Crippen molar-refractivity contribution >= 4 is 28.9 Å². The van der Waals surface area contributed by atoms with E-state index in [9.17, 15) is 9.59 Å². The van der Waals surface area contributed by atoms with Gasteiger partial charge >= 0.3 is 5.97 Å². The third-order valence-electron chi connectivity index (χ3n) is 3.42. The largest absolute Gasteiger partial charge is 0.482 e. The van der Waals surface area contributed by atoms with Crippen LogP contribution in [-0.2, 0) is 17.6 Å². The summed E-state index contributed by atoms with van der Waals surface area (Å²) in [6.45, 7) is -0.408. The zero-order valence-corrected chi connectivity index (χ0v) is 12.6.